The van der Waals surface area contributed by atoms with Crippen molar-refractivity contribution in [1.29, 1.82) is 0 Å². The first-order chi connectivity index (χ1) is 15.8. The molecule has 0 saturated carbocycles. The number of ether oxygens (including phenoxy) is 2. The molecule has 1 aliphatic rings. The van der Waals surface area contributed by atoms with Gasteiger partial charge in [0.15, 0.2) is 16.6 Å². The molecule has 2 aromatic carbocycles. The van der Waals surface area contributed by atoms with E-state index in [0.717, 1.165) is 9.13 Å². The molecule has 0 aliphatic carbocycles. The Morgan fingerprint density at radius 3 is 2.15 bits per heavy atom. The van der Waals surface area contributed by atoms with Gasteiger partial charge in [0.1, 0.15) is 12.2 Å². The molecule has 0 atom stereocenters. The third-order valence-electron chi connectivity index (χ3n) is 4.98. The van der Waals surface area contributed by atoms with Crippen LogP contribution in [0.5, 0.6) is 11.5 Å². The molecular weight excluding hydrogens is 575 g/mol. The van der Waals surface area contributed by atoms with Crippen LogP contribution in [0.15, 0.2) is 42.0 Å². The number of halogens is 2. The third-order valence-corrected chi connectivity index (χ3v) is 6.48. The second-order valence-corrected chi connectivity index (χ2v) is 9.08. The molecule has 0 radical (unpaired) electrons. The van der Waals surface area contributed by atoms with E-state index in [0.29, 0.717) is 48.4 Å². The number of hydrogen-bond donors (Lipinski definition) is 0. The van der Waals surface area contributed by atoms with Crippen LogP contribution in [0.2, 0.25) is 5.02 Å². The molecule has 1 heterocycles. The molecule has 174 valence electrons. The largest absolute Gasteiger partial charge is 0.490 e. The summed E-state index contributed by atoms with van der Waals surface area (Å²) < 4.78 is 12.7. The smallest absolute Gasteiger partial charge is 0.265 e. The summed E-state index contributed by atoms with van der Waals surface area (Å²) in [5.74, 6) is 0.347. The number of nitrogens with zero attached hydrogens (tertiary/aromatic N) is 2. The summed E-state index contributed by atoms with van der Waals surface area (Å²) in [5.41, 5.74) is 1.70. The van der Waals surface area contributed by atoms with Gasteiger partial charge in [-0.05, 0) is 97.0 Å². The minimum absolute atomic E-state index is 0.0698. The van der Waals surface area contributed by atoms with E-state index in [4.69, 9.17) is 33.3 Å². The van der Waals surface area contributed by atoms with Crippen LogP contribution in [0.25, 0.3) is 6.08 Å². The predicted octanol–water partition coefficient (Wildman–Crippen LogP) is 5.30. The number of likely N-dealkylation sites (N-methyl/N-ethyl adjacent to an activating group) is 2. The van der Waals surface area contributed by atoms with Crippen LogP contribution in [0.4, 0.5) is 0 Å². The Morgan fingerprint density at radius 2 is 1.61 bits per heavy atom. The number of amides is 2. The van der Waals surface area contributed by atoms with E-state index in [1.54, 1.807) is 12.1 Å². The standard InChI is InChI=1S/C24H24ClIN2O4S/c1-4-27-22(29)18(23(30)28(5-2)24(27)33)11-16-12-19(26)21(20(13-16)31-6-3)32-14-15-7-9-17(25)10-8-15/h7-13H,4-6,14H2,1-3H3. The molecule has 1 aliphatic heterocycles. The molecule has 1 saturated heterocycles. The summed E-state index contributed by atoms with van der Waals surface area (Å²) in [7, 11) is 0. The Labute approximate surface area is 217 Å². The van der Waals surface area contributed by atoms with Gasteiger partial charge >= 0.3 is 0 Å². The first-order valence-corrected chi connectivity index (χ1v) is 12.4. The fraction of sp³-hybridized carbons (Fsp3) is 0.292. The van der Waals surface area contributed by atoms with Gasteiger partial charge in [0.25, 0.3) is 11.8 Å². The maximum atomic E-state index is 12.9. The lowest BCUT2D eigenvalue weighted by molar-refractivity contribution is -0.133. The second kappa shape index (κ2) is 11.3. The molecule has 6 nitrogen and oxygen atoms in total. The zero-order valence-electron chi connectivity index (χ0n) is 18.6. The lowest BCUT2D eigenvalue weighted by Gasteiger charge is -2.35. The molecule has 33 heavy (non-hydrogen) atoms. The van der Waals surface area contributed by atoms with E-state index in [1.807, 2.05) is 51.1 Å². The number of rotatable bonds is 8. The first kappa shape index (κ1) is 25.5. The number of carbonyl (C=O) groups excluding carboxylic acids is 2. The minimum Gasteiger partial charge on any atom is -0.490 e. The van der Waals surface area contributed by atoms with Gasteiger partial charge < -0.3 is 9.47 Å². The van der Waals surface area contributed by atoms with E-state index in [1.165, 1.54) is 9.80 Å². The number of hydrogen-bond acceptors (Lipinski definition) is 5. The maximum Gasteiger partial charge on any atom is 0.265 e. The van der Waals surface area contributed by atoms with Gasteiger partial charge in [-0.15, -0.1) is 0 Å². The molecule has 0 N–H and O–H groups in total. The Hall–Kier alpha value is -2.17. The predicted molar refractivity (Wildman–Crippen MR) is 141 cm³/mol. The van der Waals surface area contributed by atoms with Crippen LogP contribution >= 0.6 is 46.4 Å². The molecule has 0 unspecified atom stereocenters. The number of benzene rings is 2. The van der Waals surface area contributed by atoms with E-state index < -0.39 is 11.8 Å². The first-order valence-electron chi connectivity index (χ1n) is 10.5. The number of thiocarbonyl (C=S) groups is 1. The summed E-state index contributed by atoms with van der Waals surface area (Å²) >= 11 is 13.4. The van der Waals surface area contributed by atoms with Crippen molar-refractivity contribution >= 4 is 69.4 Å². The Kier molecular flexibility index (Phi) is 8.72. The molecule has 0 aromatic heterocycles. The van der Waals surface area contributed by atoms with E-state index in [9.17, 15) is 9.59 Å². The Bertz CT molecular complexity index is 1080. The fourth-order valence-electron chi connectivity index (χ4n) is 3.36. The van der Waals surface area contributed by atoms with Crippen LogP contribution in [0.3, 0.4) is 0 Å². The molecule has 9 heteroatoms. The topological polar surface area (TPSA) is 59.1 Å². The molecule has 2 amide bonds. The number of carbonyl (C=O) groups is 2. The van der Waals surface area contributed by atoms with Gasteiger partial charge in [-0.3, -0.25) is 19.4 Å². The van der Waals surface area contributed by atoms with Crippen molar-refractivity contribution < 1.29 is 19.1 Å². The van der Waals surface area contributed by atoms with Crippen LogP contribution in [0, 0.1) is 3.57 Å². The van der Waals surface area contributed by atoms with Crippen molar-refractivity contribution in [2.45, 2.75) is 27.4 Å². The molecule has 3 rings (SSSR count). The summed E-state index contributed by atoms with van der Waals surface area (Å²) in [6.07, 6.45) is 1.59. The zero-order valence-corrected chi connectivity index (χ0v) is 22.3. The average molecular weight is 599 g/mol. The van der Waals surface area contributed by atoms with Crippen molar-refractivity contribution in [2.75, 3.05) is 19.7 Å². The van der Waals surface area contributed by atoms with E-state index in [2.05, 4.69) is 22.6 Å². The monoisotopic (exact) mass is 598 g/mol. The zero-order chi connectivity index (χ0) is 24.1. The average Bonchev–Trinajstić information content (AvgIpc) is 2.78. The SMILES string of the molecule is CCOc1cc(C=C2C(=O)N(CC)C(=S)N(CC)C2=O)cc(I)c1OCc1ccc(Cl)cc1. The van der Waals surface area contributed by atoms with Crippen LogP contribution in [-0.2, 0) is 16.2 Å². The Balaban J connectivity index is 1.95. The summed E-state index contributed by atoms with van der Waals surface area (Å²) in [6.45, 7) is 7.10. The summed E-state index contributed by atoms with van der Waals surface area (Å²) in [4.78, 5) is 28.8. The molecule has 0 spiro atoms. The van der Waals surface area contributed by atoms with Crippen LogP contribution in [-0.4, -0.2) is 46.4 Å². The fourth-order valence-corrected chi connectivity index (χ4v) is 4.69. The van der Waals surface area contributed by atoms with Crippen molar-refractivity contribution in [3.8, 4) is 11.5 Å². The third kappa shape index (κ3) is 5.67. The van der Waals surface area contributed by atoms with Crippen molar-refractivity contribution in [3.05, 3.63) is 61.7 Å². The quantitative estimate of drug-likeness (QED) is 0.179. The van der Waals surface area contributed by atoms with Gasteiger partial charge in [-0.1, -0.05) is 23.7 Å². The van der Waals surface area contributed by atoms with Crippen molar-refractivity contribution in [2.24, 2.45) is 0 Å². The van der Waals surface area contributed by atoms with E-state index in [-0.39, 0.29) is 10.7 Å². The normalized spacial score (nSPS) is 14.1. The van der Waals surface area contributed by atoms with Crippen molar-refractivity contribution in [3.63, 3.8) is 0 Å². The lowest BCUT2D eigenvalue weighted by atomic mass is 10.1. The molecule has 0 bridgehead atoms. The highest BCUT2D eigenvalue weighted by molar-refractivity contribution is 14.1. The second-order valence-electron chi connectivity index (χ2n) is 7.12. The molecule has 1 fully saturated rings. The minimum atomic E-state index is -0.395. The van der Waals surface area contributed by atoms with Gasteiger partial charge in [0.2, 0.25) is 0 Å². The lowest BCUT2D eigenvalue weighted by Crippen LogP contribution is -2.55. The van der Waals surface area contributed by atoms with Crippen molar-refractivity contribution in [1.82, 2.24) is 9.80 Å². The van der Waals surface area contributed by atoms with E-state index >= 15 is 0 Å². The summed E-state index contributed by atoms with van der Waals surface area (Å²) in [6, 6.07) is 11.1. The highest BCUT2D eigenvalue weighted by atomic mass is 127. The van der Waals surface area contributed by atoms with Crippen LogP contribution in [0.1, 0.15) is 31.9 Å². The van der Waals surface area contributed by atoms with Crippen LogP contribution < -0.4 is 9.47 Å². The van der Waals surface area contributed by atoms with Gasteiger partial charge in [-0.25, -0.2) is 0 Å². The van der Waals surface area contributed by atoms with Gasteiger partial charge in [0.05, 0.1) is 10.2 Å². The summed E-state index contributed by atoms with van der Waals surface area (Å²) in [5, 5.41) is 0.902. The highest BCUT2D eigenvalue weighted by Gasteiger charge is 2.37. The Morgan fingerprint density at radius 1 is 1.00 bits per heavy atom. The molecule has 2 aromatic rings. The molecular formula is C24H24ClIN2O4S. The maximum absolute atomic E-state index is 12.9. The van der Waals surface area contributed by atoms with Gasteiger partial charge in [-0.2, -0.15) is 0 Å². The van der Waals surface area contributed by atoms with Gasteiger partial charge in [0, 0.05) is 18.1 Å². The highest BCUT2D eigenvalue weighted by Crippen LogP contribution is 2.36.